The number of hydrogen-bond acceptors (Lipinski definition) is 6. The van der Waals surface area contributed by atoms with Gasteiger partial charge in [-0.05, 0) is 37.5 Å². The third-order valence-electron chi connectivity index (χ3n) is 4.20. The number of nitrogens with zero attached hydrogens (tertiary/aromatic N) is 3. The number of rotatable bonds is 3. The molecule has 1 fully saturated rings. The number of aromatic nitrogens is 4. The summed E-state index contributed by atoms with van der Waals surface area (Å²) in [4.78, 5) is 11.6. The molecule has 22 heavy (non-hydrogen) atoms. The van der Waals surface area contributed by atoms with Crippen molar-refractivity contribution in [1.29, 1.82) is 0 Å². The van der Waals surface area contributed by atoms with Gasteiger partial charge in [0.05, 0.1) is 17.4 Å². The molecule has 114 valence electrons. The predicted octanol–water partition coefficient (Wildman–Crippen LogP) is 1.96. The summed E-state index contributed by atoms with van der Waals surface area (Å²) >= 11 is 0. The maximum Gasteiger partial charge on any atom is 0.248 e. The van der Waals surface area contributed by atoms with Crippen molar-refractivity contribution >= 4 is 20.9 Å². The van der Waals surface area contributed by atoms with Crippen LogP contribution in [0.3, 0.4) is 0 Å². The molecule has 1 aliphatic rings. The van der Waals surface area contributed by atoms with E-state index in [1.165, 1.54) is 6.26 Å². The second-order valence-corrected chi connectivity index (χ2v) is 8.11. The molecule has 7 nitrogen and oxygen atoms in total. The number of sulfone groups is 1. The Kier molecular flexibility index (Phi) is 2.54. The second-order valence-electron chi connectivity index (χ2n) is 5.78. The molecule has 3 aromatic rings. The van der Waals surface area contributed by atoms with Crippen LogP contribution in [0.2, 0.25) is 0 Å². The number of benzene rings is 1. The quantitative estimate of drug-likeness (QED) is 0.792. The molecule has 1 N–H and O–H groups in total. The van der Waals surface area contributed by atoms with Crippen LogP contribution in [0.25, 0.3) is 22.4 Å². The summed E-state index contributed by atoms with van der Waals surface area (Å²) in [5.74, 6) is 0.580. The molecule has 0 saturated heterocycles. The van der Waals surface area contributed by atoms with Crippen LogP contribution in [0, 0.1) is 6.92 Å². The van der Waals surface area contributed by atoms with E-state index < -0.39 is 14.6 Å². The molecule has 0 atom stereocenters. The lowest BCUT2D eigenvalue weighted by Gasteiger charge is -2.05. The smallest absolute Gasteiger partial charge is 0.248 e. The van der Waals surface area contributed by atoms with Gasteiger partial charge >= 0.3 is 0 Å². The lowest BCUT2D eigenvalue weighted by molar-refractivity contribution is 0.369. The molecule has 0 aliphatic heterocycles. The van der Waals surface area contributed by atoms with Gasteiger partial charge in [-0.3, -0.25) is 0 Å². The van der Waals surface area contributed by atoms with Gasteiger partial charge in [0.2, 0.25) is 11.7 Å². The fraction of sp³-hybridized carbons (Fsp3) is 0.357. The van der Waals surface area contributed by atoms with Gasteiger partial charge in [-0.15, -0.1) is 0 Å². The van der Waals surface area contributed by atoms with E-state index in [4.69, 9.17) is 4.52 Å². The number of fused-ring (bicyclic) bond motifs is 1. The van der Waals surface area contributed by atoms with Crippen LogP contribution in [-0.2, 0) is 14.6 Å². The van der Waals surface area contributed by atoms with Crippen molar-refractivity contribution in [3.05, 3.63) is 29.9 Å². The zero-order valence-corrected chi connectivity index (χ0v) is 12.9. The zero-order chi connectivity index (χ0) is 15.5. The number of aromatic amines is 1. The van der Waals surface area contributed by atoms with Crippen LogP contribution in [0.4, 0.5) is 0 Å². The number of aryl methyl sites for hydroxylation is 1. The first-order valence-electron chi connectivity index (χ1n) is 6.89. The highest BCUT2D eigenvalue weighted by Crippen LogP contribution is 2.51. The Balaban J connectivity index is 1.81. The van der Waals surface area contributed by atoms with Gasteiger partial charge in [-0.25, -0.2) is 13.4 Å². The highest BCUT2D eigenvalue weighted by atomic mass is 32.2. The monoisotopic (exact) mass is 318 g/mol. The minimum absolute atomic E-state index is 0.187. The van der Waals surface area contributed by atoms with Gasteiger partial charge in [0.1, 0.15) is 0 Å². The molecular formula is C14H14N4O3S. The molecule has 0 bridgehead atoms. The van der Waals surface area contributed by atoms with Crippen LogP contribution in [0.15, 0.2) is 23.0 Å². The van der Waals surface area contributed by atoms with Gasteiger partial charge in [0, 0.05) is 11.8 Å². The van der Waals surface area contributed by atoms with Crippen LogP contribution >= 0.6 is 0 Å². The number of H-pyrrole nitrogens is 1. The lowest BCUT2D eigenvalue weighted by Crippen LogP contribution is -2.19. The van der Waals surface area contributed by atoms with E-state index in [1.54, 1.807) is 6.33 Å². The largest absolute Gasteiger partial charge is 0.345 e. The Morgan fingerprint density at radius 3 is 2.77 bits per heavy atom. The fourth-order valence-electron chi connectivity index (χ4n) is 2.74. The van der Waals surface area contributed by atoms with Crippen molar-refractivity contribution in [2.24, 2.45) is 0 Å². The third-order valence-corrected chi connectivity index (χ3v) is 6.20. The average molecular weight is 318 g/mol. The molecule has 0 spiro atoms. The summed E-state index contributed by atoms with van der Waals surface area (Å²) in [6.45, 7) is 1.95. The molecular weight excluding hydrogens is 304 g/mol. The topological polar surface area (TPSA) is 102 Å². The normalized spacial score (nSPS) is 17.0. The Labute approximate surface area is 126 Å². The first-order chi connectivity index (χ1) is 10.4. The highest BCUT2D eigenvalue weighted by Gasteiger charge is 2.58. The van der Waals surface area contributed by atoms with Crippen LogP contribution in [0.1, 0.15) is 24.3 Å². The highest BCUT2D eigenvalue weighted by molar-refractivity contribution is 7.91. The van der Waals surface area contributed by atoms with Gasteiger partial charge < -0.3 is 9.51 Å². The Morgan fingerprint density at radius 2 is 2.09 bits per heavy atom. The molecule has 8 heteroatoms. The Hall–Kier alpha value is -2.22. The van der Waals surface area contributed by atoms with Gasteiger partial charge in [0.15, 0.2) is 14.6 Å². The summed E-state index contributed by atoms with van der Waals surface area (Å²) in [6.07, 6.45) is 3.91. The minimum Gasteiger partial charge on any atom is -0.345 e. The lowest BCUT2D eigenvalue weighted by atomic mass is 10.1. The molecule has 2 heterocycles. The fourth-order valence-corrected chi connectivity index (χ4v) is 3.98. The summed E-state index contributed by atoms with van der Waals surface area (Å²) in [5.41, 5.74) is 3.53. The molecule has 1 aromatic carbocycles. The first kappa shape index (κ1) is 13.4. The van der Waals surface area contributed by atoms with Gasteiger partial charge in [-0.2, -0.15) is 4.98 Å². The number of imidazole rings is 1. The number of hydrogen-bond donors (Lipinski definition) is 1. The molecule has 2 aromatic heterocycles. The number of nitrogens with one attached hydrogen (secondary N) is 1. The third kappa shape index (κ3) is 1.80. The van der Waals surface area contributed by atoms with Crippen LogP contribution in [-0.4, -0.2) is 34.8 Å². The Bertz CT molecular complexity index is 983. The van der Waals surface area contributed by atoms with Gasteiger partial charge in [0.25, 0.3) is 0 Å². The van der Waals surface area contributed by atoms with E-state index in [2.05, 4.69) is 20.1 Å². The van der Waals surface area contributed by atoms with E-state index in [0.717, 1.165) is 22.2 Å². The van der Waals surface area contributed by atoms with Crippen molar-refractivity contribution in [2.45, 2.75) is 24.5 Å². The summed E-state index contributed by atoms with van der Waals surface area (Å²) < 4.78 is 28.1. The zero-order valence-electron chi connectivity index (χ0n) is 12.1. The summed E-state index contributed by atoms with van der Waals surface area (Å²) in [5, 5.41) is 3.95. The van der Waals surface area contributed by atoms with E-state index in [9.17, 15) is 8.42 Å². The van der Waals surface area contributed by atoms with E-state index in [0.29, 0.717) is 18.7 Å². The second kappa shape index (κ2) is 4.16. The minimum atomic E-state index is -3.26. The van der Waals surface area contributed by atoms with E-state index >= 15 is 0 Å². The average Bonchev–Trinajstić information content (AvgIpc) is 2.93. The molecule has 4 rings (SSSR count). The van der Waals surface area contributed by atoms with Crippen molar-refractivity contribution in [3.8, 4) is 11.4 Å². The van der Waals surface area contributed by atoms with E-state index in [1.807, 2.05) is 19.1 Å². The molecule has 0 unspecified atom stereocenters. The molecule has 0 radical (unpaired) electrons. The molecule has 0 amide bonds. The van der Waals surface area contributed by atoms with Crippen molar-refractivity contribution in [3.63, 3.8) is 0 Å². The van der Waals surface area contributed by atoms with Crippen molar-refractivity contribution in [2.75, 3.05) is 6.26 Å². The molecule has 1 aliphatic carbocycles. The van der Waals surface area contributed by atoms with Crippen LogP contribution in [0.5, 0.6) is 0 Å². The maximum absolute atomic E-state index is 11.9. The van der Waals surface area contributed by atoms with Crippen LogP contribution < -0.4 is 0 Å². The maximum atomic E-state index is 11.9. The predicted molar refractivity (Wildman–Crippen MR) is 79.9 cm³/mol. The molecule has 1 saturated carbocycles. The van der Waals surface area contributed by atoms with Crippen molar-refractivity contribution in [1.82, 2.24) is 20.1 Å². The SMILES string of the molecule is Cc1cc(-c2noc(C3(S(C)(=O)=O)CC3)n2)cc2[nH]cnc12. The first-order valence-corrected chi connectivity index (χ1v) is 8.78. The van der Waals surface area contributed by atoms with E-state index in [-0.39, 0.29) is 5.89 Å². The standard InChI is InChI=1S/C14H14N4O3S/c1-8-5-9(6-10-11(8)16-7-15-10)12-17-13(21-18-12)14(3-4-14)22(2,19)20/h5-7H,3-4H2,1-2H3,(H,15,16). The van der Waals surface area contributed by atoms with Gasteiger partial charge in [-0.1, -0.05) is 5.16 Å². The Morgan fingerprint density at radius 1 is 1.32 bits per heavy atom. The van der Waals surface area contributed by atoms with Crippen molar-refractivity contribution < 1.29 is 12.9 Å². The summed E-state index contributed by atoms with van der Waals surface area (Å²) in [7, 11) is -3.26. The summed E-state index contributed by atoms with van der Waals surface area (Å²) in [6, 6.07) is 3.79.